The van der Waals surface area contributed by atoms with Crippen LogP contribution in [0.1, 0.15) is 24.1 Å². The summed E-state index contributed by atoms with van der Waals surface area (Å²) >= 11 is 3.43. The number of halogens is 1. The average Bonchev–Trinajstić information content (AvgIpc) is 2.41. The van der Waals surface area contributed by atoms with Crippen molar-refractivity contribution in [1.29, 1.82) is 0 Å². The van der Waals surface area contributed by atoms with E-state index in [1.54, 1.807) is 4.90 Å². The number of morpholine rings is 1. The fourth-order valence-electron chi connectivity index (χ4n) is 2.38. The third-order valence-corrected chi connectivity index (χ3v) is 4.31. The largest absolute Gasteiger partial charge is 0.479 e. The molecule has 2 rings (SSSR count). The Morgan fingerprint density at radius 3 is 2.80 bits per heavy atom. The molecular formula is C14H16BrNO4. The molecule has 0 saturated carbocycles. The number of nitrogens with zero attached hydrogens (tertiary/aromatic N) is 1. The third-order valence-electron chi connectivity index (χ3n) is 3.45. The van der Waals surface area contributed by atoms with Gasteiger partial charge in [0.1, 0.15) is 6.61 Å². The van der Waals surface area contributed by atoms with Crippen molar-refractivity contribution in [3.8, 4) is 0 Å². The van der Waals surface area contributed by atoms with Gasteiger partial charge < -0.3 is 14.7 Å². The van der Waals surface area contributed by atoms with Crippen LogP contribution in [0, 0.1) is 6.92 Å². The first-order valence-electron chi connectivity index (χ1n) is 6.35. The predicted molar refractivity (Wildman–Crippen MR) is 76.4 cm³/mol. The van der Waals surface area contributed by atoms with E-state index in [0.717, 1.165) is 15.6 Å². The van der Waals surface area contributed by atoms with Gasteiger partial charge in [0.2, 0.25) is 5.91 Å². The maximum absolute atomic E-state index is 11.9. The van der Waals surface area contributed by atoms with Gasteiger partial charge in [-0.25, -0.2) is 4.79 Å². The van der Waals surface area contributed by atoms with E-state index in [1.165, 1.54) is 0 Å². The minimum absolute atomic E-state index is 0.186. The predicted octanol–water partition coefficient (Wildman–Crippen LogP) is 2.13. The summed E-state index contributed by atoms with van der Waals surface area (Å²) in [4.78, 5) is 24.9. The van der Waals surface area contributed by atoms with Gasteiger partial charge in [0, 0.05) is 11.0 Å². The van der Waals surface area contributed by atoms with Gasteiger partial charge in [0.25, 0.3) is 0 Å². The van der Waals surface area contributed by atoms with Crippen molar-refractivity contribution in [2.45, 2.75) is 26.0 Å². The number of aryl methyl sites for hydroxylation is 1. The van der Waals surface area contributed by atoms with Gasteiger partial charge in [0.15, 0.2) is 6.10 Å². The smallest absolute Gasteiger partial charge is 0.335 e. The SMILES string of the molecule is CCN1C(=O)COC(C(=O)O)C1c1ccc(C)c(Br)c1. The van der Waals surface area contributed by atoms with Crippen LogP contribution in [0.3, 0.4) is 0 Å². The molecule has 0 aliphatic carbocycles. The highest BCUT2D eigenvalue weighted by Gasteiger charge is 2.41. The van der Waals surface area contributed by atoms with E-state index in [9.17, 15) is 14.7 Å². The first-order valence-corrected chi connectivity index (χ1v) is 7.15. The van der Waals surface area contributed by atoms with Crippen LogP contribution < -0.4 is 0 Å². The molecule has 1 saturated heterocycles. The van der Waals surface area contributed by atoms with Gasteiger partial charge in [-0.05, 0) is 31.0 Å². The standard InChI is InChI=1S/C14H16BrNO4/c1-3-16-11(17)7-20-13(14(18)19)12(16)9-5-4-8(2)10(15)6-9/h4-6,12-13H,3,7H2,1-2H3,(H,18,19). The third kappa shape index (κ3) is 2.71. The summed E-state index contributed by atoms with van der Waals surface area (Å²) in [5.74, 6) is -1.25. The Labute approximate surface area is 125 Å². The second kappa shape index (κ2) is 5.93. The second-order valence-electron chi connectivity index (χ2n) is 4.70. The number of carbonyl (C=O) groups excluding carboxylic acids is 1. The molecule has 2 atom stereocenters. The summed E-state index contributed by atoms with van der Waals surface area (Å²) in [6, 6.07) is 4.98. The molecule has 0 bridgehead atoms. The van der Waals surface area contributed by atoms with E-state index in [4.69, 9.17) is 4.74 Å². The molecule has 1 aromatic rings. The summed E-state index contributed by atoms with van der Waals surface area (Å²) in [6.07, 6.45) is -1.04. The number of carbonyl (C=O) groups is 2. The molecule has 1 N–H and O–H groups in total. The monoisotopic (exact) mass is 341 g/mol. The highest BCUT2D eigenvalue weighted by atomic mass is 79.9. The lowest BCUT2D eigenvalue weighted by Crippen LogP contribution is -2.51. The lowest BCUT2D eigenvalue weighted by Gasteiger charge is -2.39. The number of hydrogen-bond donors (Lipinski definition) is 1. The summed E-state index contributed by atoms with van der Waals surface area (Å²) in [5.41, 5.74) is 1.80. The first kappa shape index (κ1) is 15.0. The van der Waals surface area contributed by atoms with Crippen molar-refractivity contribution in [2.24, 2.45) is 0 Å². The highest BCUT2D eigenvalue weighted by Crippen LogP contribution is 2.32. The van der Waals surface area contributed by atoms with Crippen molar-refractivity contribution in [1.82, 2.24) is 4.90 Å². The average molecular weight is 342 g/mol. The summed E-state index contributed by atoms with van der Waals surface area (Å²) in [7, 11) is 0. The molecule has 1 aliphatic rings. The van der Waals surface area contributed by atoms with Crippen molar-refractivity contribution in [2.75, 3.05) is 13.2 Å². The van der Waals surface area contributed by atoms with Gasteiger partial charge in [-0.2, -0.15) is 0 Å². The van der Waals surface area contributed by atoms with Gasteiger partial charge in [-0.3, -0.25) is 4.79 Å². The van der Waals surface area contributed by atoms with E-state index >= 15 is 0 Å². The zero-order valence-electron chi connectivity index (χ0n) is 11.3. The summed E-state index contributed by atoms with van der Waals surface area (Å²) in [5, 5.41) is 9.32. The van der Waals surface area contributed by atoms with Gasteiger partial charge in [-0.1, -0.05) is 28.1 Å². The minimum atomic E-state index is -1.06. The van der Waals surface area contributed by atoms with Crippen LogP contribution in [0.15, 0.2) is 22.7 Å². The molecule has 1 aromatic carbocycles. The molecule has 20 heavy (non-hydrogen) atoms. The zero-order valence-corrected chi connectivity index (χ0v) is 12.9. The highest BCUT2D eigenvalue weighted by molar-refractivity contribution is 9.10. The van der Waals surface area contributed by atoms with Crippen molar-refractivity contribution in [3.05, 3.63) is 33.8 Å². The van der Waals surface area contributed by atoms with Crippen molar-refractivity contribution in [3.63, 3.8) is 0 Å². The Bertz CT molecular complexity index is 544. The molecule has 1 fully saturated rings. The molecular weight excluding hydrogens is 326 g/mol. The number of hydrogen-bond acceptors (Lipinski definition) is 3. The van der Waals surface area contributed by atoms with E-state index in [-0.39, 0.29) is 12.5 Å². The van der Waals surface area contributed by atoms with Gasteiger partial charge >= 0.3 is 5.97 Å². The molecule has 0 radical (unpaired) electrons. The fourth-order valence-corrected chi connectivity index (χ4v) is 2.78. The molecule has 1 heterocycles. The lowest BCUT2D eigenvalue weighted by molar-refractivity contribution is -0.172. The van der Waals surface area contributed by atoms with E-state index in [2.05, 4.69) is 15.9 Å². The van der Waals surface area contributed by atoms with Crippen LogP contribution in [-0.4, -0.2) is 41.1 Å². The molecule has 2 unspecified atom stereocenters. The number of ether oxygens (including phenoxy) is 1. The maximum Gasteiger partial charge on any atom is 0.335 e. The number of carboxylic acids is 1. The molecule has 5 nitrogen and oxygen atoms in total. The fraction of sp³-hybridized carbons (Fsp3) is 0.429. The number of carboxylic acid groups (broad SMARTS) is 1. The molecule has 0 spiro atoms. The minimum Gasteiger partial charge on any atom is -0.479 e. The first-order chi connectivity index (χ1) is 9.45. The second-order valence-corrected chi connectivity index (χ2v) is 5.56. The number of amides is 1. The van der Waals surface area contributed by atoms with Crippen molar-refractivity contribution >= 4 is 27.8 Å². The van der Waals surface area contributed by atoms with Crippen LogP contribution in [-0.2, 0) is 14.3 Å². The Balaban J connectivity index is 2.46. The molecule has 1 aliphatic heterocycles. The Kier molecular flexibility index (Phi) is 4.45. The van der Waals surface area contributed by atoms with E-state index in [1.807, 2.05) is 32.0 Å². The molecule has 6 heteroatoms. The van der Waals surface area contributed by atoms with Gasteiger partial charge in [-0.15, -0.1) is 0 Å². The van der Waals surface area contributed by atoms with E-state index < -0.39 is 18.1 Å². The topological polar surface area (TPSA) is 66.8 Å². The molecule has 1 amide bonds. The number of benzene rings is 1. The summed E-state index contributed by atoms with van der Waals surface area (Å²) < 4.78 is 6.10. The van der Waals surface area contributed by atoms with Crippen molar-refractivity contribution < 1.29 is 19.4 Å². The Morgan fingerprint density at radius 1 is 1.55 bits per heavy atom. The zero-order chi connectivity index (χ0) is 14.9. The molecule has 0 aromatic heterocycles. The van der Waals surface area contributed by atoms with Crippen LogP contribution in [0.5, 0.6) is 0 Å². The van der Waals surface area contributed by atoms with E-state index in [0.29, 0.717) is 6.54 Å². The molecule has 108 valence electrons. The number of rotatable bonds is 3. The van der Waals surface area contributed by atoms with Crippen LogP contribution in [0.2, 0.25) is 0 Å². The van der Waals surface area contributed by atoms with Crippen LogP contribution >= 0.6 is 15.9 Å². The maximum atomic E-state index is 11.9. The number of aliphatic carboxylic acids is 1. The Hall–Kier alpha value is -1.40. The summed E-state index contributed by atoms with van der Waals surface area (Å²) in [6.45, 7) is 4.04. The lowest BCUT2D eigenvalue weighted by atomic mass is 9.97. The quantitative estimate of drug-likeness (QED) is 0.914. The number of likely N-dealkylation sites (N-methyl/N-ethyl adjacent to an activating group) is 1. The van der Waals surface area contributed by atoms with Gasteiger partial charge in [0.05, 0.1) is 6.04 Å². The Morgan fingerprint density at radius 2 is 2.25 bits per heavy atom. The van der Waals surface area contributed by atoms with Crippen LogP contribution in [0.25, 0.3) is 0 Å². The van der Waals surface area contributed by atoms with Crippen LogP contribution in [0.4, 0.5) is 0 Å². The normalized spacial score (nSPS) is 22.9.